The first kappa shape index (κ1) is 14.3. The van der Waals surface area contributed by atoms with Crippen LogP contribution in [0.1, 0.15) is 0 Å². The van der Waals surface area contributed by atoms with Crippen molar-refractivity contribution >= 4 is 17.3 Å². The molecule has 0 aliphatic heterocycles. The van der Waals surface area contributed by atoms with E-state index in [9.17, 15) is 13.2 Å². The average Bonchev–Trinajstić information content (AvgIpc) is 2.33. The van der Waals surface area contributed by atoms with Crippen molar-refractivity contribution in [1.82, 2.24) is 0 Å². The van der Waals surface area contributed by atoms with Crippen molar-refractivity contribution in [2.45, 2.75) is 6.36 Å². The summed E-state index contributed by atoms with van der Waals surface area (Å²) in [5.41, 5.74) is 5.65. The van der Waals surface area contributed by atoms with Gasteiger partial charge in [0, 0.05) is 11.1 Å². The molecule has 0 saturated heterocycles. The highest BCUT2D eigenvalue weighted by atomic mass is 35.5. The lowest BCUT2D eigenvalue weighted by Crippen LogP contribution is -2.17. The van der Waals surface area contributed by atoms with Gasteiger partial charge < -0.3 is 15.2 Å². The van der Waals surface area contributed by atoms with E-state index in [1.54, 1.807) is 24.3 Å². The van der Waals surface area contributed by atoms with Gasteiger partial charge in [-0.15, -0.1) is 13.2 Å². The molecule has 3 nitrogen and oxygen atoms in total. The highest BCUT2D eigenvalue weighted by Crippen LogP contribution is 2.33. The van der Waals surface area contributed by atoms with E-state index in [2.05, 4.69) is 4.74 Å². The van der Waals surface area contributed by atoms with Crippen molar-refractivity contribution < 1.29 is 22.6 Å². The van der Waals surface area contributed by atoms with E-state index in [1.165, 1.54) is 6.07 Å². The number of nitrogen functional groups attached to an aromatic ring is 1. The number of ether oxygens (including phenoxy) is 2. The first-order chi connectivity index (χ1) is 9.33. The maximum atomic E-state index is 12.1. The quantitative estimate of drug-likeness (QED) is 0.842. The van der Waals surface area contributed by atoms with E-state index in [-0.39, 0.29) is 11.4 Å². The maximum absolute atomic E-state index is 12.1. The third-order valence-electron chi connectivity index (χ3n) is 2.26. The second kappa shape index (κ2) is 5.50. The molecule has 2 N–H and O–H groups in total. The fourth-order valence-corrected chi connectivity index (χ4v) is 1.57. The van der Waals surface area contributed by atoms with E-state index in [0.717, 1.165) is 12.1 Å². The summed E-state index contributed by atoms with van der Waals surface area (Å²) in [6.07, 6.45) is -4.76. The molecule has 7 heteroatoms. The Kier molecular flexibility index (Phi) is 3.94. The molecule has 20 heavy (non-hydrogen) atoms. The second-order valence-corrected chi connectivity index (χ2v) is 4.24. The second-order valence-electron chi connectivity index (χ2n) is 3.80. The fourth-order valence-electron chi connectivity index (χ4n) is 1.45. The van der Waals surface area contributed by atoms with E-state index in [1.807, 2.05) is 0 Å². The Labute approximate surface area is 117 Å². The number of hydrogen-bond donors (Lipinski definition) is 1. The summed E-state index contributed by atoms with van der Waals surface area (Å²) in [7, 11) is 0. The molecule has 0 aromatic heterocycles. The van der Waals surface area contributed by atoms with Gasteiger partial charge in [-0.1, -0.05) is 11.6 Å². The molecule has 0 amide bonds. The molecule has 0 radical (unpaired) electrons. The van der Waals surface area contributed by atoms with Crippen LogP contribution >= 0.6 is 11.6 Å². The van der Waals surface area contributed by atoms with Crippen LogP contribution in [0.2, 0.25) is 5.02 Å². The molecule has 106 valence electrons. The Morgan fingerprint density at radius 1 is 0.950 bits per heavy atom. The van der Waals surface area contributed by atoms with Gasteiger partial charge in [0.1, 0.15) is 11.5 Å². The minimum atomic E-state index is -4.76. The Morgan fingerprint density at radius 2 is 1.55 bits per heavy atom. The molecule has 0 atom stereocenters. The zero-order chi connectivity index (χ0) is 14.8. The standard InChI is InChI=1S/C13H9ClF3NO2/c14-8-1-3-9(4-2-8)19-12-6-5-10(7-11(12)18)20-13(15,16)17/h1-7H,18H2. The van der Waals surface area contributed by atoms with Crippen LogP contribution in [0.3, 0.4) is 0 Å². The molecule has 0 saturated carbocycles. The summed E-state index contributed by atoms with van der Waals surface area (Å²) >= 11 is 5.72. The number of alkyl halides is 3. The van der Waals surface area contributed by atoms with Gasteiger partial charge in [0.25, 0.3) is 0 Å². The molecule has 2 aromatic rings. The Hall–Kier alpha value is -2.08. The molecule has 2 rings (SSSR count). The number of benzene rings is 2. The fraction of sp³-hybridized carbons (Fsp3) is 0.0769. The van der Waals surface area contributed by atoms with Gasteiger partial charge in [0.05, 0.1) is 5.69 Å². The summed E-state index contributed by atoms with van der Waals surface area (Å²) in [5, 5.41) is 0.541. The summed E-state index contributed by atoms with van der Waals surface area (Å²) in [6, 6.07) is 9.92. The molecule has 0 aliphatic rings. The van der Waals surface area contributed by atoms with Gasteiger partial charge in [-0.3, -0.25) is 0 Å². The smallest absolute Gasteiger partial charge is 0.455 e. The van der Waals surface area contributed by atoms with Crippen molar-refractivity contribution in [1.29, 1.82) is 0 Å². The first-order valence-electron chi connectivity index (χ1n) is 5.42. The molecule has 2 aromatic carbocycles. The van der Waals surface area contributed by atoms with Crippen LogP contribution in [0.15, 0.2) is 42.5 Å². The molecular weight excluding hydrogens is 295 g/mol. The van der Waals surface area contributed by atoms with E-state index >= 15 is 0 Å². The van der Waals surface area contributed by atoms with Crippen molar-refractivity contribution in [3.63, 3.8) is 0 Å². The van der Waals surface area contributed by atoms with Crippen LogP contribution in [0.4, 0.5) is 18.9 Å². The van der Waals surface area contributed by atoms with Gasteiger partial charge in [-0.05, 0) is 36.4 Å². The highest BCUT2D eigenvalue weighted by molar-refractivity contribution is 6.30. The summed E-state index contributed by atoms with van der Waals surface area (Å²) in [4.78, 5) is 0. The normalized spacial score (nSPS) is 11.2. The largest absolute Gasteiger partial charge is 0.573 e. The summed E-state index contributed by atoms with van der Waals surface area (Å²) in [5.74, 6) is 0.283. The number of hydrogen-bond acceptors (Lipinski definition) is 3. The Morgan fingerprint density at radius 3 is 2.10 bits per heavy atom. The SMILES string of the molecule is Nc1cc(OC(F)(F)F)ccc1Oc1ccc(Cl)cc1. The lowest BCUT2D eigenvalue weighted by atomic mass is 10.2. The van der Waals surface area contributed by atoms with Crippen LogP contribution in [-0.4, -0.2) is 6.36 Å². The monoisotopic (exact) mass is 303 g/mol. The summed E-state index contributed by atoms with van der Waals surface area (Å²) < 4.78 is 45.3. The van der Waals surface area contributed by atoms with Gasteiger partial charge in [-0.2, -0.15) is 0 Å². The molecule has 0 heterocycles. The zero-order valence-electron chi connectivity index (χ0n) is 9.95. The van der Waals surface area contributed by atoms with Crippen molar-refractivity contribution in [3.8, 4) is 17.2 Å². The summed E-state index contributed by atoms with van der Waals surface area (Å²) in [6.45, 7) is 0. The van der Waals surface area contributed by atoms with Crippen molar-refractivity contribution in [3.05, 3.63) is 47.5 Å². The lowest BCUT2D eigenvalue weighted by molar-refractivity contribution is -0.274. The zero-order valence-corrected chi connectivity index (χ0v) is 10.7. The predicted octanol–water partition coefficient (Wildman–Crippen LogP) is 4.61. The molecule has 0 fully saturated rings. The van der Waals surface area contributed by atoms with Gasteiger partial charge in [0.15, 0.2) is 5.75 Å². The van der Waals surface area contributed by atoms with Crippen molar-refractivity contribution in [2.24, 2.45) is 0 Å². The number of halogens is 4. The average molecular weight is 304 g/mol. The van der Waals surface area contributed by atoms with Gasteiger partial charge in [0.2, 0.25) is 0 Å². The van der Waals surface area contributed by atoms with Crippen LogP contribution < -0.4 is 15.2 Å². The molecule has 0 unspecified atom stereocenters. The third kappa shape index (κ3) is 3.96. The number of nitrogens with two attached hydrogens (primary N) is 1. The molecular formula is C13H9ClF3NO2. The first-order valence-corrected chi connectivity index (χ1v) is 5.80. The number of rotatable bonds is 3. The highest BCUT2D eigenvalue weighted by Gasteiger charge is 2.31. The molecule has 0 aliphatic carbocycles. The lowest BCUT2D eigenvalue weighted by Gasteiger charge is -2.12. The van der Waals surface area contributed by atoms with Crippen molar-refractivity contribution in [2.75, 3.05) is 5.73 Å². The molecule has 0 spiro atoms. The third-order valence-corrected chi connectivity index (χ3v) is 2.51. The Balaban J connectivity index is 2.15. The van der Waals surface area contributed by atoms with E-state index in [0.29, 0.717) is 10.8 Å². The van der Waals surface area contributed by atoms with Crippen LogP contribution in [0, 0.1) is 0 Å². The van der Waals surface area contributed by atoms with Gasteiger partial charge in [-0.25, -0.2) is 0 Å². The maximum Gasteiger partial charge on any atom is 0.573 e. The van der Waals surface area contributed by atoms with Crippen LogP contribution in [0.25, 0.3) is 0 Å². The van der Waals surface area contributed by atoms with E-state index < -0.39 is 12.1 Å². The van der Waals surface area contributed by atoms with Crippen LogP contribution in [-0.2, 0) is 0 Å². The molecule has 0 bridgehead atoms. The van der Waals surface area contributed by atoms with Gasteiger partial charge >= 0.3 is 6.36 Å². The predicted molar refractivity (Wildman–Crippen MR) is 69.1 cm³/mol. The van der Waals surface area contributed by atoms with E-state index in [4.69, 9.17) is 22.1 Å². The Bertz CT molecular complexity index is 600. The number of anilines is 1. The minimum absolute atomic E-state index is 0.0294. The minimum Gasteiger partial charge on any atom is -0.455 e. The van der Waals surface area contributed by atoms with Crippen LogP contribution in [0.5, 0.6) is 17.2 Å². The topological polar surface area (TPSA) is 44.5 Å².